The van der Waals surface area contributed by atoms with Gasteiger partial charge in [-0.3, -0.25) is 0 Å². The predicted octanol–water partition coefficient (Wildman–Crippen LogP) is 3.69. The van der Waals surface area contributed by atoms with E-state index in [0.717, 1.165) is 35.4 Å². The Balaban J connectivity index is 2.07. The minimum Gasteiger partial charge on any atom is -0.440 e. The van der Waals surface area contributed by atoms with Crippen LogP contribution in [0.5, 0.6) is 0 Å². The molecule has 0 unspecified atom stereocenters. The maximum atomic E-state index is 6.10. The Morgan fingerprint density at radius 1 is 1.21 bits per heavy atom. The number of hydrogen-bond acceptors (Lipinski definition) is 3. The average molecular weight is 258 g/mol. The number of rotatable bonds is 2. The minimum absolute atomic E-state index is 0.0397. The fourth-order valence-corrected chi connectivity index (χ4v) is 3.22. The van der Waals surface area contributed by atoms with Crippen LogP contribution < -0.4 is 5.73 Å². The topological polar surface area (TPSA) is 52.0 Å². The molecule has 1 aromatic carbocycles. The van der Waals surface area contributed by atoms with E-state index in [1.807, 2.05) is 12.1 Å². The molecule has 0 aliphatic heterocycles. The molecule has 3 nitrogen and oxygen atoms in total. The van der Waals surface area contributed by atoms with Crippen molar-refractivity contribution < 1.29 is 4.42 Å². The third kappa shape index (κ3) is 2.16. The summed E-state index contributed by atoms with van der Waals surface area (Å²) in [4.78, 5) is 4.74. The molecule has 102 valence electrons. The van der Waals surface area contributed by atoms with Crippen LogP contribution in [0.3, 0.4) is 0 Å². The fourth-order valence-electron chi connectivity index (χ4n) is 3.22. The molecule has 19 heavy (non-hydrogen) atoms. The molecule has 1 aromatic heterocycles. The first-order valence-electron chi connectivity index (χ1n) is 7.32. The number of oxazole rings is 1. The largest absolute Gasteiger partial charge is 0.440 e. The Labute approximate surface area is 114 Å². The van der Waals surface area contributed by atoms with Gasteiger partial charge in [-0.25, -0.2) is 4.98 Å². The zero-order valence-corrected chi connectivity index (χ0v) is 11.6. The molecule has 0 radical (unpaired) electrons. The molecular formula is C16H22N2O. The van der Waals surface area contributed by atoms with E-state index in [1.165, 1.54) is 25.7 Å². The van der Waals surface area contributed by atoms with Crippen molar-refractivity contribution in [2.45, 2.75) is 50.9 Å². The van der Waals surface area contributed by atoms with E-state index in [1.54, 1.807) is 0 Å². The lowest BCUT2D eigenvalue weighted by atomic mass is 9.80. The molecule has 0 spiro atoms. The Morgan fingerprint density at radius 3 is 2.58 bits per heavy atom. The number of para-hydroxylation sites is 1. The average Bonchev–Trinajstić information content (AvgIpc) is 2.72. The van der Waals surface area contributed by atoms with Gasteiger partial charge in [0, 0.05) is 6.54 Å². The number of nitrogens with two attached hydrogens (primary N) is 1. The van der Waals surface area contributed by atoms with Gasteiger partial charge < -0.3 is 10.2 Å². The minimum atomic E-state index is -0.0397. The number of nitrogens with zero attached hydrogens (tertiary/aromatic N) is 1. The zero-order valence-electron chi connectivity index (χ0n) is 11.6. The zero-order chi connectivity index (χ0) is 13.3. The molecule has 3 heteroatoms. The van der Waals surface area contributed by atoms with E-state index in [9.17, 15) is 0 Å². The van der Waals surface area contributed by atoms with Crippen LogP contribution in [-0.4, -0.2) is 11.5 Å². The van der Waals surface area contributed by atoms with Gasteiger partial charge in [-0.2, -0.15) is 0 Å². The van der Waals surface area contributed by atoms with Crippen LogP contribution in [0.2, 0.25) is 0 Å². The van der Waals surface area contributed by atoms with Crippen LogP contribution in [0.4, 0.5) is 0 Å². The molecule has 0 bridgehead atoms. The SMILES string of the molecule is Cc1cccc2nc(C3(CN)CCCCCC3)oc12. The van der Waals surface area contributed by atoms with Crippen molar-refractivity contribution in [3.8, 4) is 0 Å². The van der Waals surface area contributed by atoms with Gasteiger partial charge in [0.1, 0.15) is 5.52 Å². The Hall–Kier alpha value is -1.35. The van der Waals surface area contributed by atoms with Crippen molar-refractivity contribution in [3.05, 3.63) is 29.7 Å². The lowest BCUT2D eigenvalue weighted by molar-refractivity contribution is 0.300. The summed E-state index contributed by atoms with van der Waals surface area (Å²) >= 11 is 0. The van der Waals surface area contributed by atoms with E-state index in [4.69, 9.17) is 15.1 Å². The molecule has 1 saturated carbocycles. The summed E-state index contributed by atoms with van der Waals surface area (Å²) in [6.07, 6.45) is 7.29. The molecule has 0 atom stereocenters. The summed E-state index contributed by atoms with van der Waals surface area (Å²) in [5.41, 5.74) is 9.10. The van der Waals surface area contributed by atoms with Crippen LogP contribution in [0.1, 0.15) is 50.0 Å². The second kappa shape index (κ2) is 4.97. The maximum Gasteiger partial charge on any atom is 0.202 e. The third-order valence-electron chi connectivity index (χ3n) is 4.52. The Bertz CT molecular complexity index is 565. The third-order valence-corrected chi connectivity index (χ3v) is 4.52. The first-order valence-corrected chi connectivity index (χ1v) is 7.32. The molecule has 0 amide bonds. The van der Waals surface area contributed by atoms with Gasteiger partial charge >= 0.3 is 0 Å². The highest BCUT2D eigenvalue weighted by Crippen LogP contribution is 2.38. The lowest BCUT2D eigenvalue weighted by Crippen LogP contribution is -2.35. The fraction of sp³-hybridized carbons (Fsp3) is 0.562. The smallest absolute Gasteiger partial charge is 0.202 e. The second-order valence-electron chi connectivity index (χ2n) is 5.84. The van der Waals surface area contributed by atoms with E-state index in [-0.39, 0.29) is 5.41 Å². The van der Waals surface area contributed by atoms with Crippen molar-refractivity contribution in [2.24, 2.45) is 5.73 Å². The summed E-state index contributed by atoms with van der Waals surface area (Å²) < 4.78 is 6.10. The van der Waals surface area contributed by atoms with Crippen LogP contribution in [0.15, 0.2) is 22.6 Å². The molecule has 2 aromatic rings. The van der Waals surface area contributed by atoms with E-state index in [0.29, 0.717) is 6.54 Å². The van der Waals surface area contributed by atoms with Gasteiger partial charge in [-0.15, -0.1) is 0 Å². The van der Waals surface area contributed by atoms with E-state index >= 15 is 0 Å². The molecule has 1 heterocycles. The molecule has 1 fully saturated rings. The second-order valence-corrected chi connectivity index (χ2v) is 5.84. The summed E-state index contributed by atoms with van der Waals surface area (Å²) in [5, 5.41) is 0. The van der Waals surface area contributed by atoms with Crippen molar-refractivity contribution in [1.82, 2.24) is 4.98 Å². The molecule has 1 aliphatic rings. The van der Waals surface area contributed by atoms with Gasteiger partial charge in [-0.1, -0.05) is 37.8 Å². The number of hydrogen-bond donors (Lipinski definition) is 1. The normalized spacial score (nSPS) is 19.5. The van der Waals surface area contributed by atoms with Gasteiger partial charge in [-0.05, 0) is 31.4 Å². The molecule has 2 N–H and O–H groups in total. The van der Waals surface area contributed by atoms with Gasteiger partial charge in [0.25, 0.3) is 0 Å². The number of benzene rings is 1. The summed E-state index contributed by atoms with van der Waals surface area (Å²) in [7, 11) is 0. The summed E-state index contributed by atoms with van der Waals surface area (Å²) in [5.74, 6) is 0.862. The molecule has 3 rings (SSSR count). The standard InChI is InChI=1S/C16H22N2O/c1-12-7-6-8-13-14(12)19-15(18-13)16(11-17)9-4-2-3-5-10-16/h6-8H,2-5,9-11,17H2,1H3. The van der Waals surface area contributed by atoms with Crippen molar-refractivity contribution >= 4 is 11.1 Å². The van der Waals surface area contributed by atoms with Crippen LogP contribution in [0.25, 0.3) is 11.1 Å². The maximum absolute atomic E-state index is 6.10. The van der Waals surface area contributed by atoms with Crippen molar-refractivity contribution in [1.29, 1.82) is 0 Å². The molecule has 1 aliphatic carbocycles. The van der Waals surface area contributed by atoms with Crippen molar-refractivity contribution in [3.63, 3.8) is 0 Å². The van der Waals surface area contributed by atoms with Gasteiger partial charge in [0.2, 0.25) is 5.89 Å². The molecule has 0 saturated heterocycles. The summed E-state index contributed by atoms with van der Waals surface area (Å²) in [6, 6.07) is 6.13. The van der Waals surface area contributed by atoms with E-state index < -0.39 is 0 Å². The Morgan fingerprint density at radius 2 is 1.95 bits per heavy atom. The highest BCUT2D eigenvalue weighted by molar-refractivity contribution is 5.76. The monoisotopic (exact) mass is 258 g/mol. The predicted molar refractivity (Wildman–Crippen MR) is 77.2 cm³/mol. The van der Waals surface area contributed by atoms with Crippen LogP contribution in [-0.2, 0) is 5.41 Å². The first kappa shape index (κ1) is 12.7. The number of fused-ring (bicyclic) bond motifs is 1. The Kier molecular flexibility index (Phi) is 3.31. The van der Waals surface area contributed by atoms with Gasteiger partial charge in [0.05, 0.1) is 5.41 Å². The first-order chi connectivity index (χ1) is 9.25. The van der Waals surface area contributed by atoms with Crippen molar-refractivity contribution in [2.75, 3.05) is 6.54 Å². The lowest BCUT2D eigenvalue weighted by Gasteiger charge is -2.27. The number of aromatic nitrogens is 1. The highest BCUT2D eigenvalue weighted by Gasteiger charge is 2.36. The van der Waals surface area contributed by atoms with Gasteiger partial charge in [0.15, 0.2) is 5.58 Å². The summed E-state index contributed by atoms with van der Waals surface area (Å²) in [6.45, 7) is 2.71. The molecular weight excluding hydrogens is 236 g/mol. The van der Waals surface area contributed by atoms with Crippen LogP contribution in [0, 0.1) is 6.92 Å². The highest BCUT2D eigenvalue weighted by atomic mass is 16.3. The quantitative estimate of drug-likeness (QED) is 0.836. The van der Waals surface area contributed by atoms with Crippen LogP contribution >= 0.6 is 0 Å². The van der Waals surface area contributed by atoms with E-state index in [2.05, 4.69) is 13.0 Å². The number of aryl methyl sites for hydroxylation is 1.